The molecule has 2 aromatic rings. The lowest BCUT2D eigenvalue weighted by atomic mass is 9.79. The van der Waals surface area contributed by atoms with Crippen molar-refractivity contribution in [3.8, 4) is 5.75 Å². The van der Waals surface area contributed by atoms with Gasteiger partial charge in [-0.05, 0) is 108 Å². The zero-order chi connectivity index (χ0) is 34.5. The van der Waals surface area contributed by atoms with Gasteiger partial charge in [0.15, 0.2) is 6.10 Å². The Labute approximate surface area is 290 Å². The second-order valence-corrected chi connectivity index (χ2v) is 15.3. The lowest BCUT2D eigenvalue weighted by Crippen LogP contribution is -2.51. The molecular weight excluding hydrogens is 620 g/mol. The number of rotatable bonds is 10. The Balaban J connectivity index is 1.15. The topological polar surface area (TPSA) is 94.5 Å². The molecule has 0 saturated carbocycles. The number of carbonyl (C=O) groups excluding carboxylic acids is 1. The molecule has 2 fully saturated rings. The SMILES string of the molecule is CCCC(C)(C)OC1C(=O)OCc2c1cc1n(c2=O)CC2=C(CC)c3cc(OC(OC)N4CCC(N5CCCCC5)CC4)ccc3NC21C. The Hall–Kier alpha value is -3.18. The first kappa shape index (κ1) is 34.3. The van der Waals surface area contributed by atoms with E-state index < -0.39 is 29.6 Å². The minimum absolute atomic E-state index is 0.0390. The van der Waals surface area contributed by atoms with Gasteiger partial charge in [0.05, 0.1) is 28.9 Å². The molecular formula is C39H54N4O6. The van der Waals surface area contributed by atoms with Crippen LogP contribution in [0.5, 0.6) is 5.75 Å². The van der Waals surface area contributed by atoms with E-state index in [1.807, 2.05) is 30.5 Å². The Morgan fingerprint density at radius 2 is 1.82 bits per heavy atom. The molecule has 7 rings (SSSR count). The van der Waals surface area contributed by atoms with Crippen LogP contribution in [-0.2, 0) is 37.7 Å². The minimum Gasteiger partial charge on any atom is -0.458 e. The lowest BCUT2D eigenvalue weighted by molar-refractivity contribution is -0.174. The molecule has 5 aliphatic rings. The van der Waals surface area contributed by atoms with Gasteiger partial charge in [-0.15, -0.1) is 0 Å². The maximum absolute atomic E-state index is 14.1. The summed E-state index contributed by atoms with van der Waals surface area (Å²) in [6, 6.07) is 8.86. The predicted octanol–water partition coefficient (Wildman–Crippen LogP) is 6.32. The number of ether oxygens (including phenoxy) is 4. The number of nitrogens with one attached hydrogen (secondary N) is 1. The Bertz CT molecular complexity index is 1670. The average Bonchev–Trinajstić information content (AvgIpc) is 3.39. The summed E-state index contributed by atoms with van der Waals surface area (Å²) in [6.07, 6.45) is 7.37. The van der Waals surface area contributed by atoms with Gasteiger partial charge in [0.1, 0.15) is 12.4 Å². The Morgan fingerprint density at radius 1 is 1.06 bits per heavy atom. The second kappa shape index (κ2) is 13.5. The number of methoxy groups -OCH3 is 1. The predicted molar refractivity (Wildman–Crippen MR) is 189 cm³/mol. The summed E-state index contributed by atoms with van der Waals surface area (Å²) >= 11 is 0. The first-order chi connectivity index (χ1) is 23.6. The number of likely N-dealkylation sites (tertiary alicyclic amines) is 2. The molecule has 0 radical (unpaired) electrons. The van der Waals surface area contributed by atoms with Gasteiger partial charge in [0.25, 0.3) is 12.0 Å². The van der Waals surface area contributed by atoms with Crippen molar-refractivity contribution in [2.75, 3.05) is 38.6 Å². The maximum atomic E-state index is 14.1. The monoisotopic (exact) mass is 674 g/mol. The molecule has 1 aromatic carbocycles. The van der Waals surface area contributed by atoms with Crippen LogP contribution in [0.4, 0.5) is 5.69 Å². The highest BCUT2D eigenvalue weighted by Crippen LogP contribution is 2.50. The molecule has 10 heteroatoms. The summed E-state index contributed by atoms with van der Waals surface area (Å²) in [5.74, 6) is 0.318. The van der Waals surface area contributed by atoms with Gasteiger partial charge in [-0.3, -0.25) is 4.79 Å². The first-order valence-electron chi connectivity index (χ1n) is 18.5. The van der Waals surface area contributed by atoms with Gasteiger partial charge >= 0.3 is 5.97 Å². The second-order valence-electron chi connectivity index (χ2n) is 15.3. The van der Waals surface area contributed by atoms with Gasteiger partial charge in [0.2, 0.25) is 0 Å². The van der Waals surface area contributed by atoms with Crippen molar-refractivity contribution in [2.45, 2.75) is 129 Å². The maximum Gasteiger partial charge on any atom is 0.340 e. The number of cyclic esters (lactones) is 1. The fourth-order valence-corrected chi connectivity index (χ4v) is 9.03. The molecule has 3 atom stereocenters. The van der Waals surface area contributed by atoms with Crippen molar-refractivity contribution in [3.05, 3.63) is 62.6 Å². The third kappa shape index (κ3) is 6.23. The zero-order valence-electron chi connectivity index (χ0n) is 30.2. The van der Waals surface area contributed by atoms with Crippen molar-refractivity contribution in [2.24, 2.45) is 0 Å². The Kier molecular flexibility index (Phi) is 9.45. The fraction of sp³-hybridized carbons (Fsp3) is 0.641. The number of aromatic nitrogens is 1. The van der Waals surface area contributed by atoms with Crippen molar-refractivity contribution in [3.63, 3.8) is 0 Å². The molecule has 49 heavy (non-hydrogen) atoms. The van der Waals surface area contributed by atoms with E-state index in [-0.39, 0.29) is 12.2 Å². The van der Waals surface area contributed by atoms with Crippen LogP contribution in [0.25, 0.3) is 5.57 Å². The molecule has 3 unspecified atom stereocenters. The molecule has 1 aromatic heterocycles. The van der Waals surface area contributed by atoms with Crippen molar-refractivity contribution < 1.29 is 23.7 Å². The van der Waals surface area contributed by atoms with E-state index in [2.05, 4.69) is 48.0 Å². The number of carbonyl (C=O) groups is 1. The summed E-state index contributed by atoms with van der Waals surface area (Å²) < 4.78 is 26.2. The van der Waals surface area contributed by atoms with Gasteiger partial charge in [-0.25, -0.2) is 9.69 Å². The normalized spacial score (nSPS) is 25.2. The average molecular weight is 675 g/mol. The number of esters is 1. The summed E-state index contributed by atoms with van der Waals surface area (Å²) in [7, 11) is 1.72. The van der Waals surface area contributed by atoms with E-state index in [4.69, 9.17) is 18.9 Å². The highest BCUT2D eigenvalue weighted by Gasteiger charge is 2.47. The van der Waals surface area contributed by atoms with E-state index in [1.54, 1.807) is 7.11 Å². The molecule has 0 amide bonds. The van der Waals surface area contributed by atoms with Crippen molar-refractivity contribution in [1.82, 2.24) is 14.4 Å². The van der Waals surface area contributed by atoms with E-state index in [9.17, 15) is 9.59 Å². The number of hydrogen-bond acceptors (Lipinski definition) is 9. The van der Waals surface area contributed by atoms with E-state index in [0.29, 0.717) is 23.7 Å². The van der Waals surface area contributed by atoms with Crippen LogP contribution in [0.1, 0.15) is 114 Å². The van der Waals surface area contributed by atoms with Crippen LogP contribution in [-0.4, -0.2) is 71.7 Å². The number of pyridine rings is 1. The van der Waals surface area contributed by atoms with Crippen LogP contribution < -0.4 is 15.6 Å². The minimum atomic E-state index is -0.939. The Morgan fingerprint density at radius 3 is 2.51 bits per heavy atom. The van der Waals surface area contributed by atoms with E-state index >= 15 is 0 Å². The number of benzene rings is 1. The third-order valence-electron chi connectivity index (χ3n) is 11.6. The van der Waals surface area contributed by atoms with Gasteiger partial charge < -0.3 is 33.7 Å². The van der Waals surface area contributed by atoms with E-state index in [1.165, 1.54) is 37.9 Å². The molecule has 5 aliphatic heterocycles. The zero-order valence-corrected chi connectivity index (χ0v) is 30.2. The summed E-state index contributed by atoms with van der Waals surface area (Å²) in [5.41, 5.74) is 5.09. The summed E-state index contributed by atoms with van der Waals surface area (Å²) in [5, 5.41) is 3.80. The number of fused-ring (bicyclic) bond motifs is 5. The van der Waals surface area contributed by atoms with Gasteiger partial charge in [-0.1, -0.05) is 26.7 Å². The fourth-order valence-electron chi connectivity index (χ4n) is 9.03. The van der Waals surface area contributed by atoms with Crippen molar-refractivity contribution in [1.29, 1.82) is 0 Å². The molecule has 0 aliphatic carbocycles. The molecule has 10 nitrogen and oxygen atoms in total. The van der Waals surface area contributed by atoms with Crippen LogP contribution >= 0.6 is 0 Å². The van der Waals surface area contributed by atoms with Crippen LogP contribution in [0.3, 0.4) is 0 Å². The van der Waals surface area contributed by atoms with Gasteiger partial charge in [0, 0.05) is 43.1 Å². The molecule has 0 bridgehead atoms. The standard InChI is InChI=1S/C39H54N4O6/c1-7-16-38(3,4)49-34-29-22-33-39(5)31(23-43(33)35(44)30(29)24-47-36(34)45)27(8-2)28-21-26(12-13-32(28)40-39)48-37(46-6)42-19-14-25(15-20-42)41-17-10-9-11-18-41/h12-13,21-22,25,34,37,40H,7-11,14-20,23-24H2,1-6H3. The lowest BCUT2D eigenvalue weighted by Gasteiger charge is -2.42. The number of hydrogen-bond donors (Lipinski definition) is 1. The van der Waals surface area contributed by atoms with Crippen molar-refractivity contribution >= 4 is 17.2 Å². The van der Waals surface area contributed by atoms with Crippen LogP contribution in [0, 0.1) is 0 Å². The number of nitrogens with zero attached hydrogens (tertiary/aromatic N) is 3. The first-order valence-corrected chi connectivity index (χ1v) is 18.5. The van der Waals surface area contributed by atoms with Gasteiger partial charge in [-0.2, -0.15) is 0 Å². The third-order valence-corrected chi connectivity index (χ3v) is 11.6. The molecule has 6 heterocycles. The molecule has 0 spiro atoms. The highest BCUT2D eigenvalue weighted by atomic mass is 16.7. The molecule has 1 N–H and O–H groups in total. The molecule has 266 valence electrons. The summed E-state index contributed by atoms with van der Waals surface area (Å²) in [4.78, 5) is 32.2. The number of allylic oxidation sites excluding steroid dienone is 1. The smallest absolute Gasteiger partial charge is 0.340 e. The molecule has 2 saturated heterocycles. The van der Waals surface area contributed by atoms with E-state index in [0.717, 1.165) is 73.5 Å². The largest absolute Gasteiger partial charge is 0.458 e. The summed E-state index contributed by atoms with van der Waals surface area (Å²) in [6.45, 7) is 15.2. The number of piperidine rings is 2. The quantitative estimate of drug-likeness (QED) is 0.230. The number of anilines is 1. The highest BCUT2D eigenvalue weighted by molar-refractivity contribution is 5.86. The van der Waals surface area contributed by atoms with Crippen LogP contribution in [0.2, 0.25) is 0 Å². The van der Waals surface area contributed by atoms with Crippen LogP contribution in [0.15, 0.2) is 34.6 Å².